The largest absolute Gasteiger partial charge is 0.386 e. The molecule has 0 saturated carbocycles. The van der Waals surface area contributed by atoms with E-state index in [-0.39, 0.29) is 12.8 Å². The molecule has 0 aromatic heterocycles. The van der Waals surface area contributed by atoms with Crippen molar-refractivity contribution in [1.29, 1.82) is 0 Å². The summed E-state index contributed by atoms with van der Waals surface area (Å²) in [6.45, 7) is -1.55. The molecule has 0 aliphatic rings. The Morgan fingerprint density at radius 2 is 1.73 bits per heavy atom. The van der Waals surface area contributed by atoms with Crippen LogP contribution in [0.3, 0.4) is 0 Å². The van der Waals surface area contributed by atoms with Gasteiger partial charge in [0.15, 0.2) is 0 Å². The summed E-state index contributed by atoms with van der Waals surface area (Å²) in [5, 5.41) is 34.0. The predicted octanol–water partition coefficient (Wildman–Crippen LogP) is 0.505. The fourth-order valence-corrected chi connectivity index (χ4v) is 1.33. The van der Waals surface area contributed by atoms with Crippen LogP contribution in [0, 0.1) is 0 Å². The molecule has 0 fully saturated rings. The fraction of sp³-hybridized carbons (Fsp3) is 1.00. The molecular formula is C4H9Cl2O4P. The van der Waals surface area contributed by atoms with Crippen molar-refractivity contribution in [1.82, 2.24) is 0 Å². The summed E-state index contributed by atoms with van der Waals surface area (Å²) < 4.78 is 0. The smallest absolute Gasteiger partial charge is 0.275 e. The van der Waals surface area contributed by atoms with Crippen LogP contribution < -0.4 is 0 Å². The zero-order chi connectivity index (χ0) is 9.07. The number of hydrogen-bond donors (Lipinski definition) is 4. The molecule has 4 nitrogen and oxygen atoms in total. The zero-order valence-corrected chi connectivity index (χ0v) is 7.89. The van der Waals surface area contributed by atoms with Gasteiger partial charge in [0.05, 0.1) is 0 Å². The molecule has 11 heavy (non-hydrogen) atoms. The van der Waals surface area contributed by atoms with Gasteiger partial charge in [0, 0.05) is 6.42 Å². The number of rotatable bonds is 4. The second kappa shape index (κ2) is 4.77. The van der Waals surface area contributed by atoms with Crippen LogP contribution in [0.25, 0.3) is 0 Å². The van der Waals surface area contributed by atoms with Crippen LogP contribution in [0.2, 0.25) is 0 Å². The Kier molecular flexibility index (Phi) is 5.14. The minimum atomic E-state index is -2.75. The van der Waals surface area contributed by atoms with Crippen molar-refractivity contribution in [2.24, 2.45) is 0 Å². The molecule has 0 aromatic rings. The summed E-state index contributed by atoms with van der Waals surface area (Å²) >= 11 is 10.6. The number of aliphatic hydroxyl groups excluding tert-OH is 1. The minimum Gasteiger partial charge on any atom is -0.386 e. The van der Waals surface area contributed by atoms with Crippen LogP contribution in [0.4, 0.5) is 0 Å². The van der Waals surface area contributed by atoms with Crippen LogP contribution in [-0.2, 0) is 0 Å². The van der Waals surface area contributed by atoms with Gasteiger partial charge in [-0.05, 0) is 6.42 Å². The monoisotopic (exact) mass is 222 g/mol. The van der Waals surface area contributed by atoms with Crippen molar-refractivity contribution < 1.29 is 20.4 Å². The van der Waals surface area contributed by atoms with Crippen LogP contribution >= 0.6 is 29.1 Å². The third-order valence-electron chi connectivity index (χ3n) is 0.963. The molecular weight excluding hydrogens is 214 g/mol. The molecule has 7 heteroatoms. The van der Waals surface area contributed by atoms with Crippen molar-refractivity contribution >= 4 is 29.1 Å². The molecule has 0 bridgehead atoms. The highest BCUT2D eigenvalue weighted by atomic mass is 35.9. The molecule has 0 spiro atoms. The van der Waals surface area contributed by atoms with Gasteiger partial charge in [-0.1, -0.05) is 22.5 Å². The predicted molar refractivity (Wildman–Crippen MR) is 43.3 cm³/mol. The van der Waals surface area contributed by atoms with E-state index in [1.54, 1.807) is 0 Å². The Balaban J connectivity index is 3.54. The standard InChI is InChI=1S/C4H9Cl2O4P/c5-11(6)3(7)1-2-4(8,9)10/h3,7-10H,1-2H2. The van der Waals surface area contributed by atoms with Crippen molar-refractivity contribution in [3.05, 3.63) is 0 Å². The fourth-order valence-electron chi connectivity index (χ4n) is 0.420. The molecule has 68 valence electrons. The summed E-state index contributed by atoms with van der Waals surface area (Å²) in [6.07, 6.45) is -0.436. The van der Waals surface area contributed by atoms with Gasteiger partial charge < -0.3 is 20.4 Å². The van der Waals surface area contributed by atoms with E-state index >= 15 is 0 Å². The first-order chi connectivity index (χ1) is 4.83. The molecule has 1 unspecified atom stereocenters. The summed E-state index contributed by atoms with van der Waals surface area (Å²) in [5.74, 6) is -3.75. The van der Waals surface area contributed by atoms with E-state index in [0.717, 1.165) is 0 Å². The summed E-state index contributed by atoms with van der Waals surface area (Å²) in [6, 6.07) is 0. The Morgan fingerprint density at radius 3 is 2.00 bits per heavy atom. The van der Waals surface area contributed by atoms with Crippen LogP contribution in [0.5, 0.6) is 0 Å². The lowest BCUT2D eigenvalue weighted by atomic mass is 10.3. The topological polar surface area (TPSA) is 80.9 Å². The van der Waals surface area contributed by atoms with Crippen LogP contribution in [0.1, 0.15) is 12.8 Å². The second-order valence-electron chi connectivity index (χ2n) is 2.05. The first kappa shape index (κ1) is 11.8. The van der Waals surface area contributed by atoms with Crippen molar-refractivity contribution in [2.45, 2.75) is 24.7 Å². The van der Waals surface area contributed by atoms with Crippen LogP contribution in [-0.4, -0.2) is 32.2 Å². The third kappa shape index (κ3) is 7.22. The number of halogens is 2. The lowest BCUT2D eigenvalue weighted by Crippen LogP contribution is -2.28. The maximum atomic E-state index is 8.92. The lowest BCUT2D eigenvalue weighted by Gasteiger charge is -2.16. The molecule has 0 rings (SSSR count). The molecule has 0 aliphatic heterocycles. The highest BCUT2D eigenvalue weighted by Crippen LogP contribution is 2.52. The summed E-state index contributed by atoms with van der Waals surface area (Å²) in [4.78, 5) is 0. The second-order valence-corrected chi connectivity index (χ2v) is 5.87. The van der Waals surface area contributed by atoms with Gasteiger partial charge in [0.25, 0.3) is 5.97 Å². The highest BCUT2D eigenvalue weighted by molar-refractivity contribution is 8.04. The van der Waals surface area contributed by atoms with E-state index < -0.39 is 18.4 Å². The molecule has 0 aromatic carbocycles. The Bertz CT molecular complexity index is 115. The summed E-state index contributed by atoms with van der Waals surface area (Å²) in [7, 11) is 0. The normalized spacial score (nSPS) is 15.5. The highest BCUT2D eigenvalue weighted by Gasteiger charge is 2.22. The quantitative estimate of drug-likeness (QED) is 0.413. The van der Waals surface area contributed by atoms with E-state index in [1.165, 1.54) is 0 Å². The average molecular weight is 223 g/mol. The van der Waals surface area contributed by atoms with Gasteiger partial charge in [0.1, 0.15) is 12.5 Å². The first-order valence-corrected chi connectivity index (χ1v) is 6.01. The average Bonchev–Trinajstić information content (AvgIpc) is 1.80. The van der Waals surface area contributed by atoms with E-state index in [0.29, 0.717) is 0 Å². The van der Waals surface area contributed by atoms with Gasteiger partial charge in [-0.25, -0.2) is 0 Å². The lowest BCUT2D eigenvalue weighted by molar-refractivity contribution is -0.315. The molecule has 4 N–H and O–H groups in total. The first-order valence-electron chi connectivity index (χ1n) is 2.79. The molecule has 1 atom stereocenters. The van der Waals surface area contributed by atoms with Crippen molar-refractivity contribution in [3.63, 3.8) is 0 Å². The van der Waals surface area contributed by atoms with Gasteiger partial charge in [-0.2, -0.15) is 0 Å². The van der Waals surface area contributed by atoms with Gasteiger partial charge in [-0.15, -0.1) is 0 Å². The maximum absolute atomic E-state index is 8.92. The molecule has 0 radical (unpaired) electrons. The van der Waals surface area contributed by atoms with E-state index in [9.17, 15) is 0 Å². The molecule has 0 saturated heterocycles. The van der Waals surface area contributed by atoms with E-state index in [1.807, 2.05) is 0 Å². The van der Waals surface area contributed by atoms with Gasteiger partial charge >= 0.3 is 0 Å². The Hall–Kier alpha value is 0.850. The van der Waals surface area contributed by atoms with E-state index in [4.69, 9.17) is 42.9 Å². The third-order valence-corrected chi connectivity index (χ3v) is 3.02. The van der Waals surface area contributed by atoms with Crippen molar-refractivity contribution in [3.8, 4) is 0 Å². The van der Waals surface area contributed by atoms with E-state index in [2.05, 4.69) is 0 Å². The van der Waals surface area contributed by atoms with Crippen molar-refractivity contribution in [2.75, 3.05) is 0 Å². The molecule has 0 aliphatic carbocycles. The maximum Gasteiger partial charge on any atom is 0.275 e. The summed E-state index contributed by atoms with van der Waals surface area (Å²) in [5.41, 5.74) is 0. The number of aliphatic hydroxyl groups is 4. The zero-order valence-electron chi connectivity index (χ0n) is 5.48. The van der Waals surface area contributed by atoms with Gasteiger partial charge in [0.2, 0.25) is 0 Å². The van der Waals surface area contributed by atoms with Crippen LogP contribution in [0.15, 0.2) is 0 Å². The molecule has 0 heterocycles. The van der Waals surface area contributed by atoms with Gasteiger partial charge in [-0.3, -0.25) is 0 Å². The Labute approximate surface area is 74.7 Å². The number of hydrogen-bond acceptors (Lipinski definition) is 4. The Morgan fingerprint density at radius 1 is 1.27 bits per heavy atom. The molecule has 0 amide bonds. The SMILES string of the molecule is OC(CCC(O)(O)O)P(Cl)Cl. The minimum absolute atomic E-state index is 0.0534.